The zero-order chi connectivity index (χ0) is 8.15. The van der Waals surface area contributed by atoms with Crippen LogP contribution in [0.3, 0.4) is 0 Å². The van der Waals surface area contributed by atoms with Gasteiger partial charge in [0.15, 0.2) is 0 Å². The first kappa shape index (κ1) is 29.5. The molecule has 0 aromatic heterocycles. The molecule has 0 unspecified atom stereocenters. The maximum atomic E-state index is 9.78. The molecule has 0 aliphatic carbocycles. The van der Waals surface area contributed by atoms with Gasteiger partial charge in [-0.1, -0.05) is 0 Å². The molecule has 0 spiro atoms. The minimum Gasteiger partial charge on any atom is 1.00 e. The average molecular weight is 210 g/mol. The van der Waals surface area contributed by atoms with Crippen LogP contribution in [-0.2, 0) is 9.47 Å². The van der Waals surface area contributed by atoms with E-state index in [2.05, 4.69) is 9.47 Å². The van der Waals surface area contributed by atoms with Gasteiger partial charge in [-0.25, -0.2) is 4.79 Å². The average Bonchev–Trinajstić information content (AvgIpc) is 1.58. The van der Waals surface area contributed by atoms with Crippen LogP contribution < -0.4 is 69.3 Å². The van der Waals surface area contributed by atoms with E-state index in [-0.39, 0.29) is 96.8 Å². The van der Waals surface area contributed by atoms with E-state index in [1.165, 1.54) is 0 Å². The number of rotatable bonds is 0. The maximum absolute atomic E-state index is 9.78. The van der Waals surface area contributed by atoms with Crippen molar-refractivity contribution in [3.63, 3.8) is 0 Å². The molecule has 60 valence electrons. The molecule has 0 radical (unpaired) electrons. The summed E-state index contributed by atoms with van der Waals surface area (Å²) < 4.78 is 6.17. The number of carbonyl (C=O) groups is 3. The van der Waals surface area contributed by atoms with Crippen molar-refractivity contribution in [3.05, 3.63) is 0 Å². The zero-order valence-corrected chi connectivity index (χ0v) is 10.4. The molecule has 0 rings (SSSR count). The largest absolute Gasteiger partial charge is 1.00 e. The minimum atomic E-state index is -2.20. The molecule has 7 nitrogen and oxygen atoms in total. The number of hydrogen-bond donors (Lipinski definition) is 0. The number of hydrogen-bond acceptors (Lipinski definition) is 7. The molecular formula is C3H2Li2Na2O7. The third-order valence-electron chi connectivity index (χ3n) is 0.333. The van der Waals surface area contributed by atoms with Crippen molar-refractivity contribution in [3.8, 4) is 0 Å². The quantitative estimate of drug-likeness (QED) is 0.221. The van der Waals surface area contributed by atoms with Gasteiger partial charge in [0.2, 0.25) is 0 Å². The topological polar surface area (TPSA) is 116 Å². The standard InChI is InChI=1S/C3H2O7.2Li.2Na.2H/c4-1(5)9-3(8)10-2(6)7;;;;;;/h(H,4,5)(H,6,7);;;;;;/q;;;2*+1;;/p-2. The zero-order valence-electron chi connectivity index (χ0n) is 6.36. The molecule has 0 aromatic carbocycles. The summed E-state index contributed by atoms with van der Waals surface area (Å²) in [7, 11) is 0. The molecule has 0 atom stereocenters. The van der Waals surface area contributed by atoms with E-state index >= 15 is 0 Å². The smallest absolute Gasteiger partial charge is 1.00 e. The predicted octanol–water partition coefficient (Wildman–Crippen LogP) is -9.46. The molecule has 0 heterocycles. The summed E-state index contributed by atoms with van der Waals surface area (Å²) in [5.41, 5.74) is 0. The Hall–Kier alpha value is 1.40. The molecule has 0 aliphatic rings. The van der Waals surface area contributed by atoms with Crippen LogP contribution in [0.1, 0.15) is 0 Å². The van der Waals surface area contributed by atoms with Gasteiger partial charge in [-0.3, -0.25) is 0 Å². The van der Waals surface area contributed by atoms with Gasteiger partial charge in [-0.15, -0.1) is 0 Å². The molecular weight excluding hydrogens is 208 g/mol. The molecule has 11 heteroatoms. The first-order valence-corrected chi connectivity index (χ1v) is 1.84. The van der Waals surface area contributed by atoms with Gasteiger partial charge in [0, 0.05) is 0 Å². The van der Waals surface area contributed by atoms with Gasteiger partial charge in [0.05, 0.1) is 0 Å². The Morgan fingerprint density at radius 2 is 1.00 bits per heavy atom. The fraction of sp³-hybridized carbons (Fsp3) is 0. The van der Waals surface area contributed by atoms with Crippen molar-refractivity contribution in [2.45, 2.75) is 0 Å². The van der Waals surface area contributed by atoms with Crippen LogP contribution >= 0.6 is 0 Å². The van der Waals surface area contributed by atoms with Crippen LogP contribution in [0.4, 0.5) is 14.4 Å². The summed E-state index contributed by atoms with van der Waals surface area (Å²) in [5, 5.41) is 18.7. The monoisotopic (exact) mass is 210 g/mol. The van der Waals surface area contributed by atoms with Gasteiger partial charge >= 0.3 is 103 Å². The van der Waals surface area contributed by atoms with E-state index in [4.69, 9.17) is 0 Å². The van der Waals surface area contributed by atoms with E-state index in [9.17, 15) is 24.6 Å². The summed E-state index contributed by atoms with van der Waals surface area (Å²) in [6.45, 7) is 0. The van der Waals surface area contributed by atoms with E-state index in [0.29, 0.717) is 0 Å². The Labute approximate surface area is 147 Å². The summed E-state index contributed by atoms with van der Waals surface area (Å²) in [4.78, 5) is 28.5. The van der Waals surface area contributed by atoms with Crippen LogP contribution in [0.5, 0.6) is 0 Å². The van der Waals surface area contributed by atoms with Crippen molar-refractivity contribution in [2.75, 3.05) is 0 Å². The first-order valence-electron chi connectivity index (χ1n) is 1.84. The molecule has 14 heavy (non-hydrogen) atoms. The molecule has 0 bridgehead atoms. The van der Waals surface area contributed by atoms with Gasteiger partial charge < -0.3 is 29.3 Å². The van der Waals surface area contributed by atoms with E-state index < -0.39 is 18.5 Å². The molecule has 0 aliphatic heterocycles. The van der Waals surface area contributed by atoms with Crippen LogP contribution in [0.15, 0.2) is 0 Å². The number of carbonyl (C=O) groups excluding carboxylic acids is 3. The van der Waals surface area contributed by atoms with Crippen LogP contribution in [0, 0.1) is 0 Å². The van der Waals surface area contributed by atoms with Crippen LogP contribution in [0.25, 0.3) is 0 Å². The Bertz CT molecular complexity index is 168. The summed E-state index contributed by atoms with van der Waals surface area (Å²) in [6, 6.07) is 0. The van der Waals surface area contributed by atoms with Crippen molar-refractivity contribution in [1.82, 2.24) is 0 Å². The van der Waals surface area contributed by atoms with Crippen molar-refractivity contribution < 1.29 is 93.2 Å². The SMILES string of the molecule is O=C([O-])OC(=O)OC(=O)[O-].[LiH].[LiH].[Na+].[Na+]. The van der Waals surface area contributed by atoms with Gasteiger partial charge in [0.1, 0.15) is 0 Å². The Morgan fingerprint density at radius 1 is 0.786 bits per heavy atom. The van der Waals surface area contributed by atoms with E-state index in [1.807, 2.05) is 0 Å². The van der Waals surface area contributed by atoms with Gasteiger partial charge in [0.25, 0.3) is 12.3 Å². The molecule has 0 amide bonds. The third kappa shape index (κ3) is 23.3. The summed E-state index contributed by atoms with van der Waals surface area (Å²) >= 11 is 0. The number of carboxylic acid groups (broad SMARTS) is 2. The summed E-state index contributed by atoms with van der Waals surface area (Å²) in [5.74, 6) is 0. The Balaban J connectivity index is -0.0000000675. The van der Waals surface area contributed by atoms with E-state index in [0.717, 1.165) is 0 Å². The van der Waals surface area contributed by atoms with Crippen LogP contribution in [0.2, 0.25) is 0 Å². The van der Waals surface area contributed by atoms with Crippen molar-refractivity contribution in [2.24, 2.45) is 0 Å². The van der Waals surface area contributed by atoms with Crippen LogP contribution in [-0.4, -0.2) is 56.2 Å². The van der Waals surface area contributed by atoms with Gasteiger partial charge in [-0.2, -0.15) is 0 Å². The second-order valence-electron chi connectivity index (χ2n) is 0.954. The second-order valence-corrected chi connectivity index (χ2v) is 0.954. The fourth-order valence-electron chi connectivity index (χ4n) is 0.157. The normalized spacial score (nSPS) is 5.71. The third-order valence-corrected chi connectivity index (χ3v) is 0.333. The maximum Gasteiger partial charge on any atom is 1.00 e. The number of ether oxygens (including phenoxy) is 2. The molecule has 0 fully saturated rings. The first-order chi connectivity index (χ1) is 4.52. The van der Waals surface area contributed by atoms with Crippen molar-refractivity contribution in [1.29, 1.82) is 0 Å². The molecule has 0 saturated carbocycles. The molecule has 0 aromatic rings. The molecule has 0 saturated heterocycles. The van der Waals surface area contributed by atoms with E-state index in [1.54, 1.807) is 0 Å². The Kier molecular flexibility index (Phi) is 35.5. The van der Waals surface area contributed by atoms with Crippen molar-refractivity contribution >= 4 is 56.2 Å². The summed E-state index contributed by atoms with van der Waals surface area (Å²) in [6.07, 6.45) is -6.32. The Morgan fingerprint density at radius 3 is 1.14 bits per heavy atom. The fourth-order valence-corrected chi connectivity index (χ4v) is 0.157. The molecule has 0 N–H and O–H groups in total. The predicted molar refractivity (Wildman–Crippen MR) is 32.7 cm³/mol. The second kappa shape index (κ2) is 16.8. The van der Waals surface area contributed by atoms with Gasteiger partial charge in [-0.05, 0) is 0 Å². The minimum absolute atomic E-state index is 0.